The van der Waals surface area contributed by atoms with E-state index in [0.29, 0.717) is 34.5 Å². The Balaban J connectivity index is 1.52. The molecule has 1 N–H and O–H groups in total. The number of para-hydroxylation sites is 2. The van der Waals surface area contributed by atoms with Gasteiger partial charge < -0.3 is 23.9 Å². The number of hydrogen-bond acceptors (Lipinski definition) is 6. The molecular weight excluding hydrogens is 472 g/mol. The maximum absolute atomic E-state index is 14.1. The molecule has 2 amide bonds. The van der Waals surface area contributed by atoms with E-state index in [2.05, 4.69) is 5.32 Å². The number of nitrogens with one attached hydrogen (secondary N) is 1. The Bertz CT molecular complexity index is 1230. The highest BCUT2D eigenvalue weighted by atomic mass is 16.6. The molecule has 2 aliphatic rings. The molecule has 1 aliphatic heterocycles. The minimum Gasteiger partial charge on any atom is -0.497 e. The SMILES string of the molecule is COc1ccc(N(C(=O)[C@@H]2COc3ccccc3O2)[C@H](C(=O)NC2CCCCC2)c2ccc(C)o2)cc1. The second-order valence-corrected chi connectivity index (χ2v) is 9.46. The van der Waals surface area contributed by atoms with Crippen LogP contribution < -0.4 is 24.4 Å². The number of benzene rings is 2. The van der Waals surface area contributed by atoms with E-state index in [9.17, 15) is 9.59 Å². The molecule has 1 saturated carbocycles. The first-order valence-electron chi connectivity index (χ1n) is 12.8. The van der Waals surface area contributed by atoms with Crippen molar-refractivity contribution in [3.05, 3.63) is 72.2 Å². The monoisotopic (exact) mass is 504 g/mol. The van der Waals surface area contributed by atoms with Crippen LogP contribution in [0.3, 0.4) is 0 Å². The highest BCUT2D eigenvalue weighted by molar-refractivity contribution is 6.03. The number of hydrogen-bond donors (Lipinski definition) is 1. The molecule has 2 heterocycles. The number of fused-ring (bicyclic) bond motifs is 1. The van der Waals surface area contributed by atoms with Gasteiger partial charge in [-0.15, -0.1) is 0 Å². The van der Waals surface area contributed by atoms with Gasteiger partial charge in [-0.05, 0) is 68.3 Å². The molecule has 194 valence electrons. The maximum Gasteiger partial charge on any atom is 0.272 e. The van der Waals surface area contributed by atoms with Crippen LogP contribution in [0.1, 0.15) is 49.7 Å². The van der Waals surface area contributed by atoms with Crippen molar-refractivity contribution in [1.82, 2.24) is 5.32 Å². The van der Waals surface area contributed by atoms with Crippen LogP contribution in [0.25, 0.3) is 0 Å². The van der Waals surface area contributed by atoms with Crippen molar-refractivity contribution < 1.29 is 28.2 Å². The Morgan fingerprint density at radius 3 is 2.38 bits per heavy atom. The zero-order chi connectivity index (χ0) is 25.8. The molecule has 1 fully saturated rings. The molecule has 1 aromatic heterocycles. The van der Waals surface area contributed by atoms with E-state index in [-0.39, 0.29) is 18.6 Å². The van der Waals surface area contributed by atoms with Crippen molar-refractivity contribution in [1.29, 1.82) is 0 Å². The molecular formula is C29H32N2O6. The quantitative estimate of drug-likeness (QED) is 0.489. The van der Waals surface area contributed by atoms with Gasteiger partial charge in [0, 0.05) is 11.7 Å². The lowest BCUT2D eigenvalue weighted by molar-refractivity contribution is -0.132. The molecule has 37 heavy (non-hydrogen) atoms. The summed E-state index contributed by atoms with van der Waals surface area (Å²) in [6.45, 7) is 1.84. The summed E-state index contributed by atoms with van der Waals surface area (Å²) in [5.41, 5.74) is 0.520. The standard InChI is InChI=1S/C29H32N2O6/c1-19-12-17-25(36-19)27(28(32)30-20-8-4-3-5-9-20)31(21-13-15-22(34-2)16-14-21)29(33)26-18-35-23-10-6-7-11-24(23)37-26/h6-7,10-17,20,26-27H,3-5,8-9,18H2,1-2H3,(H,30,32)/t26-,27-/m0/s1. The third-order valence-corrected chi connectivity index (χ3v) is 6.86. The number of ether oxygens (including phenoxy) is 3. The fourth-order valence-corrected chi connectivity index (χ4v) is 4.94. The van der Waals surface area contributed by atoms with Crippen LogP contribution in [-0.4, -0.2) is 37.7 Å². The summed E-state index contributed by atoms with van der Waals surface area (Å²) in [5, 5.41) is 3.18. The van der Waals surface area contributed by atoms with Crippen LogP contribution in [0.4, 0.5) is 5.69 Å². The number of aryl methyl sites for hydroxylation is 1. The van der Waals surface area contributed by atoms with Crippen LogP contribution in [0, 0.1) is 6.92 Å². The van der Waals surface area contributed by atoms with Gasteiger partial charge in [-0.25, -0.2) is 0 Å². The molecule has 0 unspecified atom stereocenters. The largest absolute Gasteiger partial charge is 0.497 e. The van der Waals surface area contributed by atoms with Gasteiger partial charge >= 0.3 is 0 Å². The van der Waals surface area contributed by atoms with E-state index in [1.165, 1.54) is 11.3 Å². The lowest BCUT2D eigenvalue weighted by Gasteiger charge is -2.35. The van der Waals surface area contributed by atoms with Crippen molar-refractivity contribution in [2.45, 2.75) is 57.2 Å². The highest BCUT2D eigenvalue weighted by Gasteiger charge is 2.41. The molecule has 2 atom stereocenters. The number of carbonyl (C=O) groups excluding carboxylic acids is 2. The fraction of sp³-hybridized carbons (Fsp3) is 0.379. The maximum atomic E-state index is 14.1. The van der Waals surface area contributed by atoms with Gasteiger partial charge in [0.1, 0.15) is 23.9 Å². The van der Waals surface area contributed by atoms with Crippen LogP contribution in [-0.2, 0) is 9.59 Å². The summed E-state index contributed by atoms with van der Waals surface area (Å²) >= 11 is 0. The first-order valence-corrected chi connectivity index (χ1v) is 12.8. The topological polar surface area (TPSA) is 90.2 Å². The van der Waals surface area contributed by atoms with Gasteiger partial charge in [0.2, 0.25) is 6.10 Å². The van der Waals surface area contributed by atoms with E-state index in [0.717, 1.165) is 25.7 Å². The lowest BCUT2D eigenvalue weighted by Crippen LogP contribution is -2.52. The molecule has 8 heteroatoms. The highest BCUT2D eigenvalue weighted by Crippen LogP contribution is 2.35. The Morgan fingerprint density at radius 2 is 1.70 bits per heavy atom. The van der Waals surface area contributed by atoms with E-state index < -0.39 is 18.1 Å². The first kappa shape index (κ1) is 24.7. The van der Waals surface area contributed by atoms with Crippen LogP contribution in [0.2, 0.25) is 0 Å². The third-order valence-electron chi connectivity index (χ3n) is 6.86. The second-order valence-electron chi connectivity index (χ2n) is 9.46. The van der Waals surface area contributed by atoms with Crippen molar-refractivity contribution >= 4 is 17.5 Å². The van der Waals surface area contributed by atoms with E-state index in [1.54, 1.807) is 55.6 Å². The van der Waals surface area contributed by atoms with Crippen LogP contribution in [0.15, 0.2) is 65.1 Å². The second kappa shape index (κ2) is 11.0. The summed E-state index contributed by atoms with van der Waals surface area (Å²) in [7, 11) is 1.58. The molecule has 2 aromatic carbocycles. The molecule has 0 bridgehead atoms. The molecule has 0 saturated heterocycles. The van der Waals surface area contributed by atoms with Gasteiger partial charge in [0.15, 0.2) is 17.5 Å². The minimum absolute atomic E-state index is 0.0245. The summed E-state index contributed by atoms with van der Waals surface area (Å²) in [6.07, 6.45) is 4.21. The van der Waals surface area contributed by atoms with Gasteiger partial charge in [0.05, 0.1) is 7.11 Å². The molecule has 3 aromatic rings. The normalized spacial score (nSPS) is 18.1. The third kappa shape index (κ3) is 5.43. The van der Waals surface area contributed by atoms with Crippen molar-refractivity contribution in [3.63, 3.8) is 0 Å². The van der Waals surface area contributed by atoms with E-state index in [1.807, 2.05) is 19.1 Å². The van der Waals surface area contributed by atoms with Crippen molar-refractivity contribution in [2.24, 2.45) is 0 Å². The summed E-state index contributed by atoms with van der Waals surface area (Å²) in [6, 6.07) is 16.8. The summed E-state index contributed by atoms with van der Waals surface area (Å²) in [4.78, 5) is 29.5. The number of amides is 2. The van der Waals surface area contributed by atoms with Gasteiger partial charge in [-0.3, -0.25) is 14.5 Å². The average molecular weight is 505 g/mol. The Hall–Kier alpha value is -3.94. The number of rotatable bonds is 7. The Kier molecular flexibility index (Phi) is 7.35. The van der Waals surface area contributed by atoms with E-state index >= 15 is 0 Å². The first-order chi connectivity index (χ1) is 18.0. The van der Waals surface area contributed by atoms with Crippen molar-refractivity contribution in [3.8, 4) is 17.2 Å². The molecule has 5 rings (SSSR count). The number of anilines is 1. The van der Waals surface area contributed by atoms with Gasteiger partial charge in [0.25, 0.3) is 11.8 Å². The van der Waals surface area contributed by atoms with Crippen LogP contribution in [0.5, 0.6) is 17.2 Å². The van der Waals surface area contributed by atoms with E-state index in [4.69, 9.17) is 18.6 Å². The van der Waals surface area contributed by atoms with Crippen LogP contribution >= 0.6 is 0 Å². The van der Waals surface area contributed by atoms with Gasteiger partial charge in [-0.2, -0.15) is 0 Å². The fourth-order valence-electron chi connectivity index (χ4n) is 4.94. The predicted molar refractivity (Wildman–Crippen MR) is 138 cm³/mol. The lowest BCUT2D eigenvalue weighted by atomic mass is 9.95. The number of nitrogens with zero attached hydrogens (tertiary/aromatic N) is 1. The number of carbonyl (C=O) groups is 2. The molecule has 0 radical (unpaired) electrons. The smallest absolute Gasteiger partial charge is 0.272 e. The predicted octanol–water partition coefficient (Wildman–Crippen LogP) is 4.96. The molecule has 0 spiro atoms. The molecule has 1 aliphatic carbocycles. The molecule has 8 nitrogen and oxygen atoms in total. The minimum atomic E-state index is -1.03. The Labute approximate surface area is 216 Å². The van der Waals surface area contributed by atoms with Crippen molar-refractivity contribution in [2.75, 3.05) is 18.6 Å². The Morgan fingerprint density at radius 1 is 0.973 bits per heavy atom. The zero-order valence-corrected chi connectivity index (χ0v) is 21.1. The number of furan rings is 1. The zero-order valence-electron chi connectivity index (χ0n) is 21.1. The summed E-state index contributed by atoms with van der Waals surface area (Å²) < 4.78 is 23.2. The average Bonchev–Trinajstić information content (AvgIpc) is 3.37. The number of methoxy groups -OCH3 is 1. The summed E-state index contributed by atoms with van der Waals surface area (Å²) in [5.74, 6) is 2.04. The van der Waals surface area contributed by atoms with Gasteiger partial charge in [-0.1, -0.05) is 31.4 Å².